The molecule has 1 aliphatic heterocycles. The molecule has 45 heavy (non-hydrogen) atoms. The van der Waals surface area contributed by atoms with Gasteiger partial charge in [-0.2, -0.15) is 13.0 Å². The molecule has 7 rings (SSSR count). The number of aromatic nitrogens is 1. The molecule has 0 radical (unpaired) electrons. The van der Waals surface area contributed by atoms with Crippen molar-refractivity contribution >= 4 is 76.7 Å². The van der Waals surface area contributed by atoms with Gasteiger partial charge in [-0.05, 0) is 59.4 Å². The molecule has 0 atom stereocenters. The SMILES string of the molecule is CCc1ccc(CCC[n+]2c(C=C3Sc4ccc5ccccc5c4N3CCCS(=O)(=O)O)sc3ccc4ccccc4c32)cc1. The number of hydrogen-bond donors (Lipinski definition) is 1. The van der Waals surface area contributed by atoms with Crippen LogP contribution in [0.25, 0.3) is 37.8 Å². The van der Waals surface area contributed by atoms with Crippen molar-refractivity contribution in [2.24, 2.45) is 0 Å². The summed E-state index contributed by atoms with van der Waals surface area (Å²) >= 11 is 3.53. The molecule has 2 heterocycles. The molecule has 1 aromatic heterocycles. The van der Waals surface area contributed by atoms with E-state index in [1.807, 2.05) is 12.1 Å². The molecule has 0 saturated heterocycles. The highest BCUT2D eigenvalue weighted by Crippen LogP contribution is 2.50. The lowest BCUT2D eigenvalue weighted by Gasteiger charge is -2.21. The van der Waals surface area contributed by atoms with Crippen molar-refractivity contribution in [2.75, 3.05) is 17.2 Å². The Bertz CT molecular complexity index is 2170. The van der Waals surface area contributed by atoms with E-state index in [9.17, 15) is 13.0 Å². The molecule has 0 spiro atoms. The van der Waals surface area contributed by atoms with Crippen molar-refractivity contribution < 1.29 is 17.5 Å². The van der Waals surface area contributed by atoms with Gasteiger partial charge in [-0.3, -0.25) is 4.55 Å². The van der Waals surface area contributed by atoms with E-state index < -0.39 is 10.1 Å². The van der Waals surface area contributed by atoms with E-state index in [1.165, 1.54) is 37.1 Å². The Hall–Kier alpha value is -3.69. The number of fused-ring (bicyclic) bond motifs is 6. The standard InChI is InChI=1S/C37H34N2O3S3/c1-2-26-14-16-27(17-15-26)9-7-22-38-34(43-32-20-18-28-10-3-5-12-30(28)36(32)38)25-35-39(23-8-24-45(40,41)42)37-31-13-6-4-11-29(31)19-21-33(37)44-35/h3-6,10-21,25H,2,7-9,22-24H2,1H3/p+1. The lowest BCUT2D eigenvalue weighted by Crippen LogP contribution is -2.36. The third-order valence-corrected chi connectivity index (χ3v) is 11.5. The van der Waals surface area contributed by atoms with E-state index in [0.717, 1.165) is 52.2 Å². The maximum Gasteiger partial charge on any atom is 0.265 e. The predicted octanol–water partition coefficient (Wildman–Crippen LogP) is 8.88. The van der Waals surface area contributed by atoms with Crippen LogP contribution >= 0.6 is 23.1 Å². The number of anilines is 1. The molecule has 1 N–H and O–H groups in total. The van der Waals surface area contributed by atoms with E-state index in [4.69, 9.17) is 0 Å². The van der Waals surface area contributed by atoms with Crippen LogP contribution < -0.4 is 9.47 Å². The highest BCUT2D eigenvalue weighted by Gasteiger charge is 2.30. The molecule has 0 unspecified atom stereocenters. The number of hydrogen-bond acceptors (Lipinski definition) is 5. The summed E-state index contributed by atoms with van der Waals surface area (Å²) in [5.41, 5.74) is 5.08. The fraction of sp³-hybridized carbons (Fsp3) is 0.216. The molecule has 5 aromatic carbocycles. The minimum absolute atomic E-state index is 0.268. The number of thioether (sulfide) groups is 1. The Morgan fingerprint density at radius 1 is 0.822 bits per heavy atom. The van der Waals surface area contributed by atoms with Crippen LogP contribution in [0.2, 0.25) is 0 Å². The van der Waals surface area contributed by atoms with Crippen molar-refractivity contribution in [3.63, 3.8) is 0 Å². The first-order chi connectivity index (χ1) is 21.9. The second-order valence-electron chi connectivity index (χ2n) is 11.5. The number of aryl methyl sites for hydroxylation is 3. The van der Waals surface area contributed by atoms with Crippen LogP contribution in [0.15, 0.2) is 107 Å². The van der Waals surface area contributed by atoms with Gasteiger partial charge in [0, 0.05) is 23.2 Å². The molecular weight excluding hydrogens is 617 g/mol. The fourth-order valence-electron chi connectivity index (χ4n) is 6.30. The molecule has 0 fully saturated rings. The smallest absolute Gasteiger partial charge is 0.265 e. The molecule has 0 saturated carbocycles. The number of rotatable bonds is 10. The van der Waals surface area contributed by atoms with Crippen molar-refractivity contribution in [1.29, 1.82) is 0 Å². The van der Waals surface area contributed by atoms with Gasteiger partial charge in [0.15, 0.2) is 6.54 Å². The van der Waals surface area contributed by atoms with Crippen LogP contribution in [0.1, 0.15) is 35.9 Å². The molecule has 228 valence electrons. The van der Waals surface area contributed by atoms with Crippen LogP contribution in [-0.2, 0) is 29.5 Å². The average molecular weight is 652 g/mol. The zero-order valence-corrected chi connectivity index (χ0v) is 27.6. The Kier molecular flexibility index (Phi) is 8.40. The average Bonchev–Trinajstić information content (AvgIpc) is 3.58. The predicted molar refractivity (Wildman–Crippen MR) is 190 cm³/mol. The Balaban J connectivity index is 1.30. The molecule has 6 aromatic rings. The number of benzene rings is 5. The number of nitrogens with zero attached hydrogens (tertiary/aromatic N) is 2. The van der Waals surface area contributed by atoms with Crippen LogP contribution in [-0.4, -0.2) is 25.3 Å². The molecule has 1 aliphatic rings. The zero-order chi connectivity index (χ0) is 31.0. The Morgan fingerprint density at radius 3 is 2.27 bits per heavy atom. The minimum Gasteiger partial charge on any atom is -0.334 e. The Morgan fingerprint density at radius 2 is 1.51 bits per heavy atom. The first-order valence-corrected chi connectivity index (χ1v) is 18.7. The van der Waals surface area contributed by atoms with Gasteiger partial charge in [0.05, 0.1) is 27.9 Å². The van der Waals surface area contributed by atoms with Gasteiger partial charge < -0.3 is 4.90 Å². The summed E-state index contributed by atoms with van der Waals surface area (Å²) in [7, 11) is -4.05. The summed E-state index contributed by atoms with van der Waals surface area (Å²) < 4.78 is 36.5. The third kappa shape index (κ3) is 6.25. The zero-order valence-electron chi connectivity index (χ0n) is 25.1. The van der Waals surface area contributed by atoms with Gasteiger partial charge in [0.1, 0.15) is 4.70 Å². The maximum absolute atomic E-state index is 11.6. The van der Waals surface area contributed by atoms with Crippen molar-refractivity contribution in [1.82, 2.24) is 0 Å². The normalized spacial score (nSPS) is 14.3. The van der Waals surface area contributed by atoms with Crippen molar-refractivity contribution in [3.8, 4) is 0 Å². The van der Waals surface area contributed by atoms with E-state index in [2.05, 4.69) is 107 Å². The van der Waals surface area contributed by atoms with E-state index >= 15 is 0 Å². The summed E-state index contributed by atoms with van der Waals surface area (Å²) in [6.07, 6.45) is 5.67. The molecule has 5 nitrogen and oxygen atoms in total. The fourth-order valence-corrected chi connectivity index (χ4v) is 9.15. The van der Waals surface area contributed by atoms with Gasteiger partial charge in [-0.15, -0.1) is 0 Å². The lowest BCUT2D eigenvalue weighted by atomic mass is 10.1. The summed E-state index contributed by atoms with van der Waals surface area (Å²) in [6, 6.07) is 34.7. The topological polar surface area (TPSA) is 61.5 Å². The molecule has 0 bridgehead atoms. The second kappa shape index (κ2) is 12.6. The summed E-state index contributed by atoms with van der Waals surface area (Å²) in [4.78, 5) is 3.40. The first-order valence-electron chi connectivity index (χ1n) is 15.4. The van der Waals surface area contributed by atoms with E-state index in [1.54, 1.807) is 23.1 Å². The molecule has 0 amide bonds. The van der Waals surface area contributed by atoms with Crippen LogP contribution in [0.3, 0.4) is 0 Å². The summed E-state index contributed by atoms with van der Waals surface area (Å²) in [5.74, 6) is -0.268. The van der Waals surface area contributed by atoms with Crippen LogP contribution in [0.4, 0.5) is 5.69 Å². The van der Waals surface area contributed by atoms with Crippen LogP contribution in [0.5, 0.6) is 0 Å². The molecule has 0 aliphatic carbocycles. The van der Waals surface area contributed by atoms with Gasteiger partial charge >= 0.3 is 0 Å². The Labute approximate surface area is 272 Å². The van der Waals surface area contributed by atoms with E-state index in [0.29, 0.717) is 13.0 Å². The van der Waals surface area contributed by atoms with E-state index in [-0.39, 0.29) is 5.75 Å². The first kappa shape index (κ1) is 30.0. The van der Waals surface area contributed by atoms with Crippen LogP contribution in [0, 0.1) is 0 Å². The monoisotopic (exact) mass is 651 g/mol. The molecule has 8 heteroatoms. The highest BCUT2D eigenvalue weighted by atomic mass is 32.2. The van der Waals surface area contributed by atoms with Gasteiger partial charge in [-0.25, -0.2) is 0 Å². The highest BCUT2D eigenvalue weighted by molar-refractivity contribution is 8.04. The second-order valence-corrected chi connectivity index (χ2v) is 15.2. The lowest BCUT2D eigenvalue weighted by molar-refractivity contribution is -0.668. The minimum atomic E-state index is -4.05. The summed E-state index contributed by atoms with van der Waals surface area (Å²) in [6.45, 7) is 3.56. The van der Waals surface area contributed by atoms with Crippen molar-refractivity contribution in [2.45, 2.75) is 44.0 Å². The van der Waals surface area contributed by atoms with Crippen molar-refractivity contribution in [3.05, 3.63) is 118 Å². The van der Waals surface area contributed by atoms with Gasteiger partial charge in [0.25, 0.3) is 15.1 Å². The molecular formula is C37H35N2O3S3+. The van der Waals surface area contributed by atoms with Gasteiger partial charge in [0.2, 0.25) is 5.52 Å². The third-order valence-electron chi connectivity index (χ3n) is 8.54. The summed E-state index contributed by atoms with van der Waals surface area (Å²) in [5, 5.41) is 7.00. The largest absolute Gasteiger partial charge is 0.334 e. The quantitative estimate of drug-likeness (QED) is 0.118. The maximum atomic E-state index is 11.6. The van der Waals surface area contributed by atoms with Gasteiger partial charge in [-0.1, -0.05) is 109 Å². The number of thiazole rings is 1.